The van der Waals surface area contributed by atoms with Crippen LogP contribution in [0.5, 0.6) is 0 Å². The van der Waals surface area contributed by atoms with E-state index in [1.807, 2.05) is 23.6 Å². The zero-order chi connectivity index (χ0) is 29.2. The minimum Gasteiger partial charge on any atom is -0.390 e. The Labute approximate surface area is 247 Å². The molecule has 2 fully saturated rings. The number of carbonyl (C=O) groups is 1. The van der Waals surface area contributed by atoms with Gasteiger partial charge in [-0.15, -0.1) is 0 Å². The lowest BCUT2D eigenvalue weighted by molar-refractivity contribution is -0.120. The Kier molecular flexibility index (Phi) is 8.36. The summed E-state index contributed by atoms with van der Waals surface area (Å²) in [6.45, 7) is 5.90. The molecule has 2 aliphatic rings. The molecule has 42 heavy (non-hydrogen) atoms. The van der Waals surface area contributed by atoms with Crippen molar-refractivity contribution in [2.75, 3.05) is 18.0 Å². The summed E-state index contributed by atoms with van der Waals surface area (Å²) in [5, 5.41) is 21.9. The second kappa shape index (κ2) is 12.3. The third kappa shape index (κ3) is 5.70. The van der Waals surface area contributed by atoms with Gasteiger partial charge in [0.15, 0.2) is 5.65 Å². The SMILES string of the molecule is CCC(=O)C[C@H]1C[C@@H](n2cnc3c(CCC(c4ccccc4)c4ccccc4)nc(N4CC[C@@H](C)C4)nc32)[C@H](O)[C@@H]1O. The number of benzene rings is 2. The minimum absolute atomic E-state index is 0.101. The normalized spacial score (nSPS) is 24.2. The molecule has 1 saturated carbocycles. The average Bonchev–Trinajstić information content (AvgIpc) is 3.72. The molecule has 8 nitrogen and oxygen atoms in total. The van der Waals surface area contributed by atoms with Crippen LogP contribution >= 0.6 is 0 Å². The number of rotatable bonds is 10. The van der Waals surface area contributed by atoms with E-state index in [2.05, 4.69) is 60.4 Å². The second-order valence-corrected chi connectivity index (χ2v) is 12.2. The number of aliphatic hydroxyl groups excluding tert-OH is 2. The molecule has 5 atom stereocenters. The highest BCUT2D eigenvalue weighted by molar-refractivity contribution is 5.78. The first-order chi connectivity index (χ1) is 20.4. The third-order valence-electron chi connectivity index (χ3n) is 9.28. The number of nitrogens with zero attached hydrogens (tertiary/aromatic N) is 5. The van der Waals surface area contributed by atoms with Gasteiger partial charge in [0.25, 0.3) is 0 Å². The van der Waals surface area contributed by atoms with Crippen LogP contribution in [0.2, 0.25) is 0 Å². The van der Waals surface area contributed by atoms with E-state index in [9.17, 15) is 15.0 Å². The first-order valence-electron chi connectivity index (χ1n) is 15.4. The number of fused-ring (bicyclic) bond motifs is 1. The average molecular weight is 568 g/mol. The Morgan fingerprint density at radius 2 is 1.69 bits per heavy atom. The van der Waals surface area contributed by atoms with E-state index in [0.29, 0.717) is 36.8 Å². The summed E-state index contributed by atoms with van der Waals surface area (Å²) in [5.41, 5.74) is 4.86. The number of hydrogen-bond donors (Lipinski definition) is 2. The first kappa shape index (κ1) is 28.5. The molecule has 220 valence electrons. The molecule has 2 aromatic heterocycles. The van der Waals surface area contributed by atoms with E-state index in [1.165, 1.54) is 11.1 Å². The number of Topliss-reactive ketones (excluding diaryl/α,β-unsaturated/α-hetero) is 1. The highest BCUT2D eigenvalue weighted by Gasteiger charge is 2.43. The summed E-state index contributed by atoms with van der Waals surface area (Å²) < 4.78 is 1.92. The third-order valence-corrected chi connectivity index (χ3v) is 9.28. The summed E-state index contributed by atoms with van der Waals surface area (Å²) in [5.74, 6) is 1.29. The topological polar surface area (TPSA) is 104 Å². The van der Waals surface area contributed by atoms with Crippen LogP contribution in [0.3, 0.4) is 0 Å². The van der Waals surface area contributed by atoms with E-state index in [0.717, 1.165) is 37.1 Å². The van der Waals surface area contributed by atoms with Crippen molar-refractivity contribution in [2.24, 2.45) is 11.8 Å². The van der Waals surface area contributed by atoms with Gasteiger partial charge in [0.2, 0.25) is 5.95 Å². The predicted octanol–water partition coefficient (Wildman–Crippen LogP) is 5.09. The number of hydrogen-bond acceptors (Lipinski definition) is 7. The molecule has 1 saturated heterocycles. The van der Waals surface area contributed by atoms with E-state index in [-0.39, 0.29) is 24.0 Å². The Bertz CT molecular complexity index is 1470. The van der Waals surface area contributed by atoms with Gasteiger partial charge < -0.3 is 19.7 Å². The summed E-state index contributed by atoms with van der Waals surface area (Å²) >= 11 is 0. The van der Waals surface area contributed by atoms with Crippen molar-refractivity contribution in [3.63, 3.8) is 0 Å². The van der Waals surface area contributed by atoms with E-state index >= 15 is 0 Å². The van der Waals surface area contributed by atoms with E-state index in [4.69, 9.17) is 15.0 Å². The van der Waals surface area contributed by atoms with Crippen LogP contribution in [0.15, 0.2) is 67.0 Å². The smallest absolute Gasteiger partial charge is 0.227 e. The fraction of sp³-hybridized carbons (Fsp3) is 0.471. The quantitative estimate of drug-likeness (QED) is 0.275. The zero-order valence-corrected chi connectivity index (χ0v) is 24.5. The molecule has 3 heterocycles. The van der Waals surface area contributed by atoms with E-state index in [1.54, 1.807) is 6.33 Å². The minimum atomic E-state index is -0.994. The van der Waals surface area contributed by atoms with Crippen LogP contribution in [0.1, 0.15) is 74.7 Å². The lowest BCUT2D eigenvalue weighted by atomic mass is 9.87. The van der Waals surface area contributed by atoms with E-state index < -0.39 is 18.2 Å². The molecule has 4 aromatic rings. The molecule has 1 aliphatic carbocycles. The van der Waals surface area contributed by atoms with Gasteiger partial charge in [-0.2, -0.15) is 4.98 Å². The van der Waals surface area contributed by atoms with Crippen LogP contribution in [0.25, 0.3) is 11.2 Å². The van der Waals surface area contributed by atoms with Crippen molar-refractivity contribution in [3.05, 3.63) is 83.8 Å². The first-order valence-corrected chi connectivity index (χ1v) is 15.4. The highest BCUT2D eigenvalue weighted by atomic mass is 16.3. The van der Waals surface area contributed by atoms with Gasteiger partial charge in [-0.25, -0.2) is 9.97 Å². The van der Waals surface area contributed by atoms with Gasteiger partial charge in [0.1, 0.15) is 17.4 Å². The Hall–Kier alpha value is -3.62. The zero-order valence-electron chi connectivity index (χ0n) is 24.5. The molecule has 0 radical (unpaired) electrons. The molecule has 2 N–H and O–H groups in total. The van der Waals surface area contributed by atoms with Gasteiger partial charge in [0, 0.05) is 31.8 Å². The molecular weight excluding hydrogens is 526 g/mol. The van der Waals surface area contributed by atoms with Gasteiger partial charge in [-0.3, -0.25) is 4.79 Å². The maximum Gasteiger partial charge on any atom is 0.227 e. The molecule has 0 bridgehead atoms. The van der Waals surface area contributed by atoms with Gasteiger partial charge in [-0.05, 0) is 48.6 Å². The summed E-state index contributed by atoms with van der Waals surface area (Å²) in [6.07, 6.45) is 3.65. The Balaban J connectivity index is 1.36. The largest absolute Gasteiger partial charge is 0.390 e. The van der Waals surface area contributed by atoms with Gasteiger partial charge in [0.05, 0.1) is 24.2 Å². The molecule has 8 heteroatoms. The van der Waals surface area contributed by atoms with Crippen LogP contribution in [-0.2, 0) is 11.2 Å². The van der Waals surface area contributed by atoms with Crippen molar-refractivity contribution in [1.29, 1.82) is 0 Å². The molecule has 2 aromatic carbocycles. The number of imidazole rings is 1. The number of carbonyl (C=O) groups excluding carboxylic acids is 1. The lowest BCUT2D eigenvalue weighted by Gasteiger charge is -2.21. The van der Waals surface area contributed by atoms with Gasteiger partial charge >= 0.3 is 0 Å². The van der Waals surface area contributed by atoms with Crippen molar-refractivity contribution < 1.29 is 15.0 Å². The van der Waals surface area contributed by atoms with Crippen LogP contribution in [0.4, 0.5) is 5.95 Å². The number of aromatic nitrogens is 4. The van der Waals surface area contributed by atoms with Crippen LogP contribution < -0.4 is 4.90 Å². The number of aliphatic hydroxyl groups is 2. The van der Waals surface area contributed by atoms with Crippen molar-refractivity contribution >= 4 is 22.9 Å². The second-order valence-electron chi connectivity index (χ2n) is 12.2. The Morgan fingerprint density at radius 1 is 1.00 bits per heavy atom. The van der Waals surface area contributed by atoms with Gasteiger partial charge in [-0.1, -0.05) is 74.5 Å². The monoisotopic (exact) mass is 567 g/mol. The molecule has 1 aliphatic heterocycles. The Morgan fingerprint density at radius 3 is 2.31 bits per heavy atom. The summed E-state index contributed by atoms with van der Waals surface area (Å²) in [4.78, 5) is 29.3. The molecular formula is C34H41N5O3. The van der Waals surface area contributed by atoms with Crippen molar-refractivity contribution in [2.45, 2.75) is 76.5 Å². The van der Waals surface area contributed by atoms with Crippen LogP contribution in [-0.4, -0.2) is 60.8 Å². The fourth-order valence-electron chi connectivity index (χ4n) is 6.83. The highest BCUT2D eigenvalue weighted by Crippen LogP contribution is 2.39. The maximum absolute atomic E-state index is 12.2. The fourth-order valence-corrected chi connectivity index (χ4v) is 6.83. The molecule has 0 unspecified atom stereocenters. The summed E-state index contributed by atoms with van der Waals surface area (Å²) in [6, 6.07) is 20.8. The number of anilines is 1. The molecule has 6 rings (SSSR count). The molecule has 0 amide bonds. The lowest BCUT2D eigenvalue weighted by Crippen LogP contribution is -2.30. The van der Waals surface area contributed by atoms with Crippen LogP contribution in [0, 0.1) is 11.8 Å². The van der Waals surface area contributed by atoms with Crippen molar-refractivity contribution in [1.82, 2.24) is 19.5 Å². The number of aryl methyl sites for hydroxylation is 1. The number of ketones is 1. The standard InChI is InChI=1S/C34H41N5O3/c1-3-26(40)18-25-19-29(32(42)31(25)41)39-21-35-30-28(36-34(37-33(30)39)38-17-16-22(2)20-38)15-14-27(23-10-6-4-7-11-23)24-12-8-5-9-13-24/h4-13,21-22,25,27,29,31-32,41-42H,3,14-20H2,1-2H3/t22-,25+,29-,31-,32+/m1/s1. The predicted molar refractivity (Wildman–Crippen MR) is 163 cm³/mol. The molecule has 0 spiro atoms. The van der Waals surface area contributed by atoms with Crippen molar-refractivity contribution in [3.8, 4) is 0 Å². The maximum atomic E-state index is 12.2. The summed E-state index contributed by atoms with van der Waals surface area (Å²) in [7, 11) is 0.